The topological polar surface area (TPSA) is 96.2 Å². The lowest BCUT2D eigenvalue weighted by Crippen LogP contribution is -2.52. The Morgan fingerprint density at radius 2 is 2.08 bits per heavy atom. The molecule has 3 amide bonds. The van der Waals surface area contributed by atoms with Crippen molar-refractivity contribution in [2.45, 2.75) is 26.0 Å². The van der Waals surface area contributed by atoms with Gasteiger partial charge in [0.05, 0.1) is 30.0 Å². The van der Waals surface area contributed by atoms with E-state index in [4.69, 9.17) is 4.74 Å². The van der Waals surface area contributed by atoms with Crippen molar-refractivity contribution < 1.29 is 19.2 Å². The Hall–Kier alpha value is -2.52. The zero-order valence-corrected chi connectivity index (χ0v) is 14.1. The standard InChI is InChI=1S/C16H20N4O5/c1-11-9-25-12(2)7-17(11)10-18-8-15(21)19(16(18)22)13-4-3-5-14(6-13)20(23)24/h3-6,11-12H,7-10H2,1-2H3/t11-,12-/m1/s1. The number of nitrogens with zero attached hydrogens (tertiary/aromatic N) is 4. The van der Waals surface area contributed by atoms with Crippen LogP contribution in [0.5, 0.6) is 0 Å². The predicted molar refractivity (Wildman–Crippen MR) is 89.1 cm³/mol. The monoisotopic (exact) mass is 348 g/mol. The van der Waals surface area contributed by atoms with Crippen LogP contribution in [0.25, 0.3) is 0 Å². The first-order valence-corrected chi connectivity index (χ1v) is 8.09. The summed E-state index contributed by atoms with van der Waals surface area (Å²) in [6.45, 7) is 5.50. The Morgan fingerprint density at radius 1 is 1.32 bits per heavy atom. The number of ether oxygens (including phenoxy) is 1. The molecule has 2 heterocycles. The van der Waals surface area contributed by atoms with E-state index in [0.717, 1.165) is 4.90 Å². The molecule has 9 nitrogen and oxygen atoms in total. The maximum Gasteiger partial charge on any atom is 0.332 e. The van der Waals surface area contributed by atoms with Crippen LogP contribution in [0.4, 0.5) is 16.2 Å². The van der Waals surface area contributed by atoms with Crippen LogP contribution in [0, 0.1) is 10.1 Å². The molecule has 1 aromatic rings. The molecule has 2 atom stereocenters. The number of anilines is 1. The molecule has 0 bridgehead atoms. The average molecular weight is 348 g/mol. The third kappa shape index (κ3) is 3.47. The van der Waals surface area contributed by atoms with E-state index in [0.29, 0.717) is 19.8 Å². The average Bonchev–Trinajstić information content (AvgIpc) is 2.85. The second-order valence-corrected chi connectivity index (χ2v) is 6.39. The fraction of sp³-hybridized carbons (Fsp3) is 0.500. The number of carbonyl (C=O) groups is 2. The highest BCUT2D eigenvalue weighted by Crippen LogP contribution is 2.26. The summed E-state index contributed by atoms with van der Waals surface area (Å²) in [5.74, 6) is -0.389. The number of urea groups is 1. The number of hydrogen-bond donors (Lipinski definition) is 0. The first kappa shape index (κ1) is 17.3. The molecule has 25 heavy (non-hydrogen) atoms. The highest BCUT2D eigenvalue weighted by atomic mass is 16.6. The van der Waals surface area contributed by atoms with E-state index >= 15 is 0 Å². The van der Waals surface area contributed by atoms with E-state index in [1.807, 2.05) is 13.8 Å². The third-order valence-electron chi connectivity index (χ3n) is 4.43. The molecule has 0 saturated carbocycles. The van der Waals surface area contributed by atoms with Gasteiger partial charge in [-0.05, 0) is 19.9 Å². The van der Waals surface area contributed by atoms with E-state index in [-0.39, 0.29) is 36.0 Å². The van der Waals surface area contributed by atoms with Crippen LogP contribution in [0.3, 0.4) is 0 Å². The van der Waals surface area contributed by atoms with Crippen LogP contribution in [-0.2, 0) is 9.53 Å². The van der Waals surface area contributed by atoms with Crippen LogP contribution >= 0.6 is 0 Å². The SMILES string of the molecule is C[C@@H]1CN(CN2CC(=O)N(c3cccc([N+](=O)[O-])c3)C2=O)[C@H](C)CO1. The minimum atomic E-state index is -0.552. The van der Waals surface area contributed by atoms with Crippen molar-refractivity contribution in [3.63, 3.8) is 0 Å². The molecule has 9 heteroatoms. The molecule has 2 aliphatic heterocycles. The first-order valence-electron chi connectivity index (χ1n) is 8.09. The maximum atomic E-state index is 12.7. The molecule has 0 radical (unpaired) electrons. The summed E-state index contributed by atoms with van der Waals surface area (Å²) in [6, 6.07) is 5.22. The number of imide groups is 1. The first-order chi connectivity index (χ1) is 11.9. The van der Waals surface area contributed by atoms with Gasteiger partial charge in [0.25, 0.3) is 11.6 Å². The number of non-ortho nitro benzene ring substituents is 1. The van der Waals surface area contributed by atoms with Gasteiger partial charge in [-0.1, -0.05) is 6.07 Å². The van der Waals surface area contributed by atoms with Crippen molar-refractivity contribution in [3.8, 4) is 0 Å². The van der Waals surface area contributed by atoms with E-state index < -0.39 is 11.0 Å². The number of carbonyl (C=O) groups excluding carboxylic acids is 2. The molecular formula is C16H20N4O5. The number of hydrogen-bond acceptors (Lipinski definition) is 6. The molecule has 0 N–H and O–H groups in total. The van der Waals surface area contributed by atoms with Gasteiger partial charge >= 0.3 is 6.03 Å². The normalized spacial score (nSPS) is 24.9. The van der Waals surface area contributed by atoms with Crippen LogP contribution in [0.2, 0.25) is 0 Å². The van der Waals surface area contributed by atoms with Crippen molar-refractivity contribution in [1.82, 2.24) is 9.80 Å². The fourth-order valence-electron chi connectivity index (χ4n) is 3.05. The molecule has 3 rings (SSSR count). The smallest absolute Gasteiger partial charge is 0.332 e. The van der Waals surface area contributed by atoms with Crippen molar-refractivity contribution >= 4 is 23.3 Å². The number of benzene rings is 1. The van der Waals surface area contributed by atoms with Crippen LogP contribution in [0.1, 0.15) is 13.8 Å². The summed E-state index contributed by atoms with van der Waals surface area (Å²) < 4.78 is 5.57. The number of rotatable bonds is 4. The Kier molecular flexibility index (Phi) is 4.69. The van der Waals surface area contributed by atoms with Crippen molar-refractivity contribution in [1.29, 1.82) is 0 Å². The molecule has 0 aliphatic carbocycles. The van der Waals surface area contributed by atoms with Gasteiger partial charge in [0, 0.05) is 24.7 Å². The molecular weight excluding hydrogens is 328 g/mol. The second kappa shape index (κ2) is 6.77. The lowest BCUT2D eigenvalue weighted by atomic mass is 10.2. The number of amides is 3. The van der Waals surface area contributed by atoms with Gasteiger partial charge in [-0.15, -0.1) is 0 Å². The Morgan fingerprint density at radius 3 is 2.80 bits per heavy atom. The molecule has 0 unspecified atom stereocenters. The van der Waals surface area contributed by atoms with Gasteiger partial charge in [-0.3, -0.25) is 19.8 Å². The van der Waals surface area contributed by atoms with E-state index in [1.54, 1.807) is 0 Å². The molecule has 1 aromatic carbocycles. The minimum absolute atomic E-state index is 0.0417. The minimum Gasteiger partial charge on any atom is -0.376 e. The van der Waals surface area contributed by atoms with E-state index in [1.165, 1.54) is 29.2 Å². The Labute approximate surface area is 144 Å². The zero-order chi connectivity index (χ0) is 18.1. The van der Waals surface area contributed by atoms with Gasteiger partial charge in [0.1, 0.15) is 6.54 Å². The summed E-state index contributed by atoms with van der Waals surface area (Å²) in [7, 11) is 0. The molecule has 2 saturated heterocycles. The Bertz CT molecular complexity index is 710. The third-order valence-corrected chi connectivity index (χ3v) is 4.43. The highest BCUT2D eigenvalue weighted by molar-refractivity contribution is 6.19. The molecule has 0 spiro atoms. The Balaban J connectivity index is 1.76. The fourth-order valence-corrected chi connectivity index (χ4v) is 3.05. The van der Waals surface area contributed by atoms with Crippen molar-refractivity contribution in [2.24, 2.45) is 0 Å². The van der Waals surface area contributed by atoms with Crippen LogP contribution in [0.15, 0.2) is 24.3 Å². The summed E-state index contributed by atoms with van der Waals surface area (Å²) in [5.41, 5.74) is 0.0577. The van der Waals surface area contributed by atoms with Crippen molar-refractivity contribution in [3.05, 3.63) is 34.4 Å². The number of nitro benzene ring substituents is 1. The lowest BCUT2D eigenvalue weighted by molar-refractivity contribution is -0.384. The summed E-state index contributed by atoms with van der Waals surface area (Å²) >= 11 is 0. The maximum absolute atomic E-state index is 12.7. The van der Waals surface area contributed by atoms with Gasteiger partial charge < -0.3 is 9.64 Å². The quantitative estimate of drug-likeness (QED) is 0.464. The van der Waals surface area contributed by atoms with E-state index in [2.05, 4.69) is 4.90 Å². The lowest BCUT2D eigenvalue weighted by Gasteiger charge is -2.38. The van der Waals surface area contributed by atoms with Crippen LogP contribution in [-0.4, -0.2) is 65.2 Å². The summed E-state index contributed by atoms with van der Waals surface area (Å²) in [5, 5.41) is 10.9. The molecule has 2 aliphatic rings. The summed E-state index contributed by atoms with van der Waals surface area (Å²) in [4.78, 5) is 39.9. The van der Waals surface area contributed by atoms with Gasteiger partial charge in [-0.2, -0.15) is 0 Å². The number of nitro groups is 1. The van der Waals surface area contributed by atoms with Gasteiger partial charge in [-0.25, -0.2) is 9.69 Å². The molecule has 134 valence electrons. The largest absolute Gasteiger partial charge is 0.376 e. The summed E-state index contributed by atoms with van der Waals surface area (Å²) in [6.07, 6.45) is 0.0671. The van der Waals surface area contributed by atoms with Gasteiger partial charge in [0.2, 0.25) is 0 Å². The highest BCUT2D eigenvalue weighted by Gasteiger charge is 2.39. The number of morpholine rings is 1. The van der Waals surface area contributed by atoms with Crippen LogP contribution < -0.4 is 4.90 Å². The second-order valence-electron chi connectivity index (χ2n) is 6.39. The zero-order valence-electron chi connectivity index (χ0n) is 14.1. The molecule has 0 aromatic heterocycles. The predicted octanol–water partition coefficient (Wildman–Crippen LogP) is 1.43. The van der Waals surface area contributed by atoms with Crippen molar-refractivity contribution in [2.75, 3.05) is 31.3 Å². The van der Waals surface area contributed by atoms with E-state index in [9.17, 15) is 19.7 Å². The van der Waals surface area contributed by atoms with Gasteiger partial charge in [0.15, 0.2) is 0 Å². The molecule has 2 fully saturated rings.